The number of nitrogen functional groups attached to an aromatic ring is 1. The van der Waals surface area contributed by atoms with E-state index in [-0.39, 0.29) is 17.0 Å². The van der Waals surface area contributed by atoms with Crippen LogP contribution in [0.3, 0.4) is 0 Å². The first kappa shape index (κ1) is 17.2. The molecule has 12 heteroatoms. The molecule has 2 aromatic heterocycles. The maximum atomic E-state index is 12.7. The number of amides is 1. The van der Waals surface area contributed by atoms with E-state index in [0.717, 1.165) is 10.9 Å². The summed E-state index contributed by atoms with van der Waals surface area (Å²) in [6.45, 7) is 0.608. The highest BCUT2D eigenvalue weighted by Crippen LogP contribution is 2.38. The lowest BCUT2D eigenvalue weighted by Gasteiger charge is -2.28. The van der Waals surface area contributed by atoms with Crippen LogP contribution in [-0.4, -0.2) is 65.2 Å². The molecular weight excluding hydrogens is 336 g/mol. The zero-order valence-corrected chi connectivity index (χ0v) is 13.0. The van der Waals surface area contributed by atoms with E-state index in [1.807, 2.05) is 0 Å². The number of primary amides is 1. The van der Waals surface area contributed by atoms with Gasteiger partial charge in [-0.05, 0) is 6.92 Å². The second-order valence-electron chi connectivity index (χ2n) is 5.81. The third-order valence-electron chi connectivity index (χ3n) is 4.11. The van der Waals surface area contributed by atoms with Crippen LogP contribution in [0.4, 0.5) is 5.82 Å². The second-order valence-corrected chi connectivity index (χ2v) is 5.81. The summed E-state index contributed by atoms with van der Waals surface area (Å²) in [6.07, 6.45) is -3.09. The SMILES string of the molecule is C[C@]1(O)C(n2c(=O)c(C(N)=O)nc3c(N)ncnc32)OC(CO)[C@H]1O. The summed E-state index contributed by atoms with van der Waals surface area (Å²) < 4.78 is 6.24. The van der Waals surface area contributed by atoms with Crippen LogP contribution in [0.25, 0.3) is 11.2 Å². The number of fused-ring (bicyclic) bond motifs is 1. The molecule has 2 unspecified atom stereocenters. The Kier molecular flexibility index (Phi) is 3.91. The standard InChI is InChI=1S/C13H16N6O6/c1-13(24)7(21)4(2-20)25-12(13)19-10-5(8(14)16-3-17-10)18-6(9(15)22)11(19)23/h3-4,7,12,20-21,24H,2H2,1H3,(H2,15,22)(H2,14,16,17)/t4?,7-,12?,13-/m1/s1. The molecule has 0 spiro atoms. The summed E-state index contributed by atoms with van der Waals surface area (Å²) in [5, 5.41) is 30.0. The zero-order valence-electron chi connectivity index (χ0n) is 13.0. The lowest BCUT2D eigenvalue weighted by Crippen LogP contribution is -2.47. The summed E-state index contributed by atoms with van der Waals surface area (Å²) in [6, 6.07) is 0. The molecule has 1 amide bonds. The van der Waals surface area contributed by atoms with Gasteiger partial charge in [-0.15, -0.1) is 0 Å². The van der Waals surface area contributed by atoms with Crippen LogP contribution in [0.1, 0.15) is 23.6 Å². The van der Waals surface area contributed by atoms with Gasteiger partial charge in [-0.3, -0.25) is 14.2 Å². The Morgan fingerprint density at radius 2 is 2.16 bits per heavy atom. The maximum Gasteiger partial charge on any atom is 0.286 e. The number of rotatable bonds is 3. The first-order valence-electron chi connectivity index (χ1n) is 7.19. The number of hydrogen-bond acceptors (Lipinski definition) is 10. The van der Waals surface area contributed by atoms with E-state index in [4.69, 9.17) is 16.2 Å². The Labute approximate surface area is 139 Å². The highest BCUT2D eigenvalue weighted by Gasteiger charge is 2.53. The fraction of sp³-hybridized carbons (Fsp3) is 0.462. The van der Waals surface area contributed by atoms with E-state index in [9.17, 15) is 24.9 Å². The average Bonchev–Trinajstić information content (AvgIpc) is 2.77. The molecule has 3 heterocycles. The van der Waals surface area contributed by atoms with E-state index < -0.39 is 47.8 Å². The molecule has 0 aromatic carbocycles. The van der Waals surface area contributed by atoms with Crippen LogP contribution in [0, 0.1) is 0 Å². The minimum Gasteiger partial charge on any atom is -0.394 e. The van der Waals surface area contributed by atoms with E-state index >= 15 is 0 Å². The van der Waals surface area contributed by atoms with Crippen LogP contribution >= 0.6 is 0 Å². The Morgan fingerprint density at radius 3 is 2.72 bits per heavy atom. The number of anilines is 1. The summed E-state index contributed by atoms with van der Waals surface area (Å²) in [7, 11) is 0. The smallest absolute Gasteiger partial charge is 0.286 e. The monoisotopic (exact) mass is 352 g/mol. The van der Waals surface area contributed by atoms with Gasteiger partial charge in [0.05, 0.1) is 6.61 Å². The summed E-state index contributed by atoms with van der Waals surface area (Å²) in [5.74, 6) is -1.25. The number of nitrogens with two attached hydrogens (primary N) is 2. The Balaban J connectivity index is 2.36. The van der Waals surface area contributed by atoms with Crippen molar-refractivity contribution in [3.05, 3.63) is 22.4 Å². The number of carbonyl (C=O) groups excluding carboxylic acids is 1. The second kappa shape index (κ2) is 5.70. The van der Waals surface area contributed by atoms with E-state index in [1.54, 1.807) is 0 Å². The fourth-order valence-electron chi connectivity index (χ4n) is 2.78. The van der Waals surface area contributed by atoms with Crippen LogP contribution in [-0.2, 0) is 4.74 Å². The van der Waals surface area contributed by atoms with Gasteiger partial charge >= 0.3 is 0 Å². The number of carbonyl (C=O) groups is 1. The van der Waals surface area contributed by atoms with Crippen molar-refractivity contribution in [3.63, 3.8) is 0 Å². The molecule has 0 saturated carbocycles. The third kappa shape index (κ3) is 2.42. The number of aromatic nitrogens is 4. The first-order chi connectivity index (χ1) is 11.7. The molecule has 1 fully saturated rings. The van der Waals surface area contributed by atoms with E-state index in [0.29, 0.717) is 0 Å². The van der Waals surface area contributed by atoms with Gasteiger partial charge in [-0.25, -0.2) is 15.0 Å². The molecule has 1 saturated heterocycles. The van der Waals surface area contributed by atoms with Crippen molar-refractivity contribution in [2.75, 3.05) is 12.3 Å². The molecule has 1 aliphatic heterocycles. The Bertz CT molecular complexity index is 912. The highest BCUT2D eigenvalue weighted by molar-refractivity contribution is 5.93. The molecule has 25 heavy (non-hydrogen) atoms. The van der Waals surface area contributed by atoms with Gasteiger partial charge in [0.1, 0.15) is 29.7 Å². The predicted octanol–water partition coefficient (Wildman–Crippen LogP) is -3.13. The van der Waals surface area contributed by atoms with Crippen molar-refractivity contribution in [2.24, 2.45) is 5.73 Å². The van der Waals surface area contributed by atoms with Crippen LogP contribution in [0.2, 0.25) is 0 Å². The minimum absolute atomic E-state index is 0.0998. The lowest BCUT2D eigenvalue weighted by molar-refractivity contribution is -0.0964. The Hall–Kier alpha value is -2.67. The molecule has 1 aliphatic rings. The fourth-order valence-corrected chi connectivity index (χ4v) is 2.78. The van der Waals surface area contributed by atoms with E-state index in [2.05, 4.69) is 15.0 Å². The van der Waals surface area contributed by atoms with Crippen LogP contribution in [0.15, 0.2) is 11.1 Å². The van der Waals surface area contributed by atoms with Crippen molar-refractivity contribution in [2.45, 2.75) is 31.0 Å². The minimum atomic E-state index is -1.99. The van der Waals surface area contributed by atoms with Gasteiger partial charge in [0, 0.05) is 0 Å². The molecule has 2 aromatic rings. The summed E-state index contributed by atoms with van der Waals surface area (Å²) >= 11 is 0. The molecule has 12 nitrogen and oxygen atoms in total. The number of aliphatic hydroxyl groups is 3. The van der Waals surface area contributed by atoms with Gasteiger partial charge < -0.3 is 31.5 Å². The van der Waals surface area contributed by atoms with Gasteiger partial charge in [0.15, 0.2) is 23.4 Å². The zero-order chi connectivity index (χ0) is 18.5. The van der Waals surface area contributed by atoms with Crippen molar-refractivity contribution in [1.82, 2.24) is 19.5 Å². The number of ether oxygens (including phenoxy) is 1. The molecule has 134 valence electrons. The van der Waals surface area contributed by atoms with Gasteiger partial charge in [-0.2, -0.15) is 0 Å². The number of nitrogens with zero attached hydrogens (tertiary/aromatic N) is 4. The molecule has 0 aliphatic carbocycles. The molecule has 3 rings (SSSR count). The third-order valence-corrected chi connectivity index (χ3v) is 4.11. The largest absolute Gasteiger partial charge is 0.394 e. The van der Waals surface area contributed by atoms with Gasteiger partial charge in [0.2, 0.25) is 0 Å². The normalized spacial score (nSPS) is 29.2. The molecule has 4 atom stereocenters. The molecular formula is C13H16N6O6. The van der Waals surface area contributed by atoms with Crippen molar-refractivity contribution >= 4 is 22.9 Å². The van der Waals surface area contributed by atoms with Gasteiger partial charge in [0.25, 0.3) is 11.5 Å². The Morgan fingerprint density at radius 1 is 1.48 bits per heavy atom. The van der Waals surface area contributed by atoms with Gasteiger partial charge in [-0.1, -0.05) is 0 Å². The highest BCUT2D eigenvalue weighted by atomic mass is 16.6. The van der Waals surface area contributed by atoms with E-state index in [1.165, 1.54) is 6.92 Å². The maximum absolute atomic E-state index is 12.7. The van der Waals surface area contributed by atoms with Crippen molar-refractivity contribution in [3.8, 4) is 0 Å². The quantitative estimate of drug-likeness (QED) is 0.376. The summed E-state index contributed by atoms with van der Waals surface area (Å²) in [4.78, 5) is 35.7. The van der Waals surface area contributed by atoms with Crippen LogP contribution in [0.5, 0.6) is 0 Å². The first-order valence-corrected chi connectivity index (χ1v) is 7.19. The average molecular weight is 352 g/mol. The molecule has 7 N–H and O–H groups in total. The topological polar surface area (TPSA) is 200 Å². The number of hydrogen-bond donors (Lipinski definition) is 5. The lowest BCUT2D eigenvalue weighted by atomic mass is 9.96. The number of aliphatic hydroxyl groups excluding tert-OH is 2. The summed E-state index contributed by atoms with van der Waals surface area (Å²) in [5.41, 5.74) is 7.04. The van der Waals surface area contributed by atoms with Crippen molar-refractivity contribution in [1.29, 1.82) is 0 Å². The molecule has 0 bridgehead atoms. The molecule has 0 radical (unpaired) electrons. The van der Waals surface area contributed by atoms with Crippen LogP contribution < -0.4 is 17.0 Å². The predicted molar refractivity (Wildman–Crippen MR) is 82.1 cm³/mol. The van der Waals surface area contributed by atoms with Crippen molar-refractivity contribution < 1.29 is 24.9 Å².